The van der Waals surface area contributed by atoms with Crippen LogP contribution in [0.1, 0.15) is 24.0 Å². The quantitative estimate of drug-likeness (QED) is 0.731. The number of unbranched alkanes of at least 4 members (excludes halogenated alkanes) is 1. The summed E-state index contributed by atoms with van der Waals surface area (Å²) < 4.78 is 5.59. The minimum Gasteiger partial charge on any atom is -0.492 e. The second-order valence-electron chi connectivity index (χ2n) is 4.32. The molecular formula is C17H16NO. The van der Waals surface area contributed by atoms with Gasteiger partial charge >= 0.3 is 0 Å². The lowest BCUT2D eigenvalue weighted by Crippen LogP contribution is -2.00. The van der Waals surface area contributed by atoms with Gasteiger partial charge < -0.3 is 4.74 Å². The van der Waals surface area contributed by atoms with Crippen LogP contribution in [-0.4, -0.2) is 6.61 Å². The molecule has 0 aliphatic carbocycles. The maximum Gasteiger partial charge on any atom is 0.144 e. The van der Waals surface area contributed by atoms with Crippen LogP contribution in [0.3, 0.4) is 0 Å². The molecule has 2 nitrogen and oxygen atoms in total. The Morgan fingerprint density at radius 1 is 1.05 bits per heavy atom. The Hall–Kier alpha value is -2.27. The van der Waals surface area contributed by atoms with Gasteiger partial charge in [-0.25, -0.2) is 0 Å². The lowest BCUT2D eigenvalue weighted by atomic mass is 10.1. The number of hydrogen-bond donors (Lipinski definition) is 0. The number of ether oxygens (including phenoxy) is 1. The molecule has 1 radical (unpaired) electrons. The molecule has 2 rings (SSSR count). The third-order valence-electron chi connectivity index (χ3n) is 2.89. The largest absolute Gasteiger partial charge is 0.492 e. The van der Waals surface area contributed by atoms with Crippen molar-refractivity contribution in [3.63, 3.8) is 0 Å². The van der Waals surface area contributed by atoms with E-state index in [4.69, 9.17) is 10.00 Å². The number of para-hydroxylation sites is 1. The van der Waals surface area contributed by atoms with Gasteiger partial charge in [0.25, 0.3) is 0 Å². The van der Waals surface area contributed by atoms with Crippen molar-refractivity contribution in [3.05, 3.63) is 65.7 Å². The first-order valence-electron chi connectivity index (χ1n) is 6.47. The average Bonchev–Trinajstić information content (AvgIpc) is 2.48. The molecule has 0 aliphatic heterocycles. The minimum atomic E-state index is 0.547. The van der Waals surface area contributed by atoms with Gasteiger partial charge in [0.05, 0.1) is 12.2 Å². The molecule has 2 aromatic rings. The van der Waals surface area contributed by atoms with Gasteiger partial charge in [0.2, 0.25) is 0 Å². The van der Waals surface area contributed by atoms with Crippen molar-refractivity contribution >= 4 is 0 Å². The van der Waals surface area contributed by atoms with Crippen LogP contribution in [0.25, 0.3) is 0 Å². The molecule has 0 unspecified atom stereocenters. The summed E-state index contributed by atoms with van der Waals surface area (Å²) in [5.41, 5.74) is 1.90. The number of hydrogen-bond acceptors (Lipinski definition) is 2. The summed E-state index contributed by atoms with van der Waals surface area (Å²) >= 11 is 0. The maximum atomic E-state index is 8.92. The van der Waals surface area contributed by atoms with E-state index in [1.54, 1.807) is 18.2 Å². The summed E-state index contributed by atoms with van der Waals surface area (Å²) in [5.74, 6) is 0.560. The fourth-order valence-corrected chi connectivity index (χ4v) is 1.88. The first-order chi connectivity index (χ1) is 9.40. The first-order valence-corrected chi connectivity index (χ1v) is 6.47. The molecule has 0 spiro atoms. The predicted molar refractivity (Wildman–Crippen MR) is 74.9 cm³/mol. The zero-order valence-electron chi connectivity index (χ0n) is 10.8. The summed E-state index contributed by atoms with van der Waals surface area (Å²) in [7, 11) is 0. The lowest BCUT2D eigenvalue weighted by Gasteiger charge is -2.07. The Morgan fingerprint density at radius 3 is 2.68 bits per heavy atom. The van der Waals surface area contributed by atoms with E-state index < -0.39 is 0 Å². The van der Waals surface area contributed by atoms with Gasteiger partial charge in [-0.15, -0.1) is 0 Å². The van der Waals surface area contributed by atoms with Crippen LogP contribution in [0.4, 0.5) is 0 Å². The summed E-state index contributed by atoms with van der Waals surface area (Å²) in [6.45, 7) is 0.627. The van der Waals surface area contributed by atoms with Gasteiger partial charge in [-0.05, 0) is 30.9 Å². The van der Waals surface area contributed by atoms with E-state index in [2.05, 4.69) is 36.4 Å². The van der Waals surface area contributed by atoms with E-state index in [9.17, 15) is 0 Å². The Balaban J connectivity index is 1.71. The Morgan fingerprint density at radius 2 is 1.89 bits per heavy atom. The van der Waals surface area contributed by atoms with Crippen LogP contribution in [0, 0.1) is 17.4 Å². The topological polar surface area (TPSA) is 33.0 Å². The standard InChI is InChI=1S/C17H16NO/c18-14-16-11-4-5-12-17(16)19-13-7-6-10-15-8-2-1-3-9-15/h1-5,8-9,11H,6-7,10,13H2. The molecule has 0 N–H and O–H groups in total. The van der Waals surface area contributed by atoms with Crippen molar-refractivity contribution in [3.8, 4) is 11.8 Å². The van der Waals surface area contributed by atoms with Crippen molar-refractivity contribution in [2.45, 2.75) is 19.3 Å². The number of nitrogens with zero attached hydrogens (tertiary/aromatic N) is 1. The molecule has 0 saturated carbocycles. The fraction of sp³-hybridized carbons (Fsp3) is 0.235. The average molecular weight is 250 g/mol. The summed E-state index contributed by atoms with van der Waals surface area (Å²) in [6.07, 6.45) is 3.12. The smallest absolute Gasteiger partial charge is 0.144 e. The molecule has 0 aliphatic rings. The molecule has 0 amide bonds. The maximum absolute atomic E-state index is 8.92. The zero-order valence-corrected chi connectivity index (χ0v) is 10.8. The molecule has 0 heterocycles. The van der Waals surface area contributed by atoms with Crippen LogP contribution in [0.2, 0.25) is 0 Å². The third kappa shape index (κ3) is 4.15. The van der Waals surface area contributed by atoms with E-state index in [0.29, 0.717) is 17.9 Å². The normalized spacial score (nSPS) is 9.84. The van der Waals surface area contributed by atoms with Gasteiger partial charge in [-0.1, -0.05) is 42.5 Å². The molecule has 0 fully saturated rings. The highest BCUT2D eigenvalue weighted by molar-refractivity contribution is 5.41. The Kier molecular flexibility index (Phi) is 5.01. The van der Waals surface area contributed by atoms with Crippen LogP contribution in [0.15, 0.2) is 48.5 Å². The van der Waals surface area contributed by atoms with Gasteiger partial charge in [0.15, 0.2) is 0 Å². The minimum absolute atomic E-state index is 0.547. The predicted octanol–water partition coefficient (Wildman–Crippen LogP) is 3.76. The second kappa shape index (κ2) is 7.23. The molecule has 2 heteroatoms. The van der Waals surface area contributed by atoms with Crippen molar-refractivity contribution in [2.24, 2.45) is 0 Å². The van der Waals surface area contributed by atoms with Crippen LogP contribution in [-0.2, 0) is 6.42 Å². The molecule has 0 bridgehead atoms. The highest BCUT2D eigenvalue weighted by atomic mass is 16.5. The van der Waals surface area contributed by atoms with Crippen LogP contribution >= 0.6 is 0 Å². The molecule has 0 aromatic heterocycles. The van der Waals surface area contributed by atoms with Crippen molar-refractivity contribution in [1.29, 1.82) is 5.26 Å². The van der Waals surface area contributed by atoms with E-state index in [0.717, 1.165) is 19.3 Å². The molecule has 2 aromatic carbocycles. The third-order valence-corrected chi connectivity index (χ3v) is 2.89. The molecule has 0 atom stereocenters. The SMILES string of the molecule is N#Cc1ccc[c]c1OCCCCc1ccccc1. The second-order valence-corrected chi connectivity index (χ2v) is 4.32. The summed E-state index contributed by atoms with van der Waals surface area (Å²) in [4.78, 5) is 0. The van der Waals surface area contributed by atoms with Crippen molar-refractivity contribution in [1.82, 2.24) is 0 Å². The van der Waals surface area contributed by atoms with E-state index in [1.165, 1.54) is 5.56 Å². The Bertz CT molecular complexity index is 543. The van der Waals surface area contributed by atoms with Crippen molar-refractivity contribution < 1.29 is 4.74 Å². The highest BCUT2D eigenvalue weighted by Crippen LogP contribution is 2.16. The van der Waals surface area contributed by atoms with Gasteiger partial charge in [0.1, 0.15) is 11.8 Å². The molecular weight excluding hydrogens is 234 g/mol. The zero-order chi connectivity index (χ0) is 13.3. The molecule has 19 heavy (non-hydrogen) atoms. The number of aryl methyl sites for hydroxylation is 1. The lowest BCUT2D eigenvalue weighted by molar-refractivity contribution is 0.305. The monoisotopic (exact) mass is 250 g/mol. The fourth-order valence-electron chi connectivity index (χ4n) is 1.88. The number of benzene rings is 2. The Labute approximate surface area is 114 Å². The summed E-state index contributed by atoms with van der Waals surface area (Å²) in [6, 6.07) is 20.8. The molecule has 95 valence electrons. The van der Waals surface area contributed by atoms with E-state index in [1.807, 2.05) is 6.07 Å². The number of nitriles is 1. The van der Waals surface area contributed by atoms with Gasteiger partial charge in [-0.2, -0.15) is 5.26 Å². The highest BCUT2D eigenvalue weighted by Gasteiger charge is 2.01. The van der Waals surface area contributed by atoms with Crippen LogP contribution in [0.5, 0.6) is 5.75 Å². The van der Waals surface area contributed by atoms with E-state index in [-0.39, 0.29) is 0 Å². The number of rotatable bonds is 6. The van der Waals surface area contributed by atoms with Crippen molar-refractivity contribution in [2.75, 3.05) is 6.61 Å². The van der Waals surface area contributed by atoms with Gasteiger partial charge in [0, 0.05) is 6.07 Å². The van der Waals surface area contributed by atoms with E-state index >= 15 is 0 Å². The first kappa shape index (κ1) is 13.2. The van der Waals surface area contributed by atoms with Crippen LogP contribution < -0.4 is 4.74 Å². The summed E-state index contributed by atoms with van der Waals surface area (Å²) in [5, 5.41) is 8.92. The van der Waals surface area contributed by atoms with Gasteiger partial charge in [-0.3, -0.25) is 0 Å². The molecule has 0 saturated heterocycles.